The Hall–Kier alpha value is -0.980. The predicted molar refractivity (Wildman–Crippen MR) is 58.4 cm³/mol. The number of sulfone groups is 1. The van der Waals surface area contributed by atoms with Gasteiger partial charge in [-0.1, -0.05) is 6.07 Å². The summed E-state index contributed by atoms with van der Waals surface area (Å²) < 4.78 is 35.7. The Bertz CT molecular complexity index is 473. The molecule has 0 aromatic heterocycles. The van der Waals surface area contributed by atoms with Crippen LogP contribution in [0, 0.1) is 5.82 Å². The molecule has 0 spiro atoms. The molecule has 0 aliphatic heterocycles. The number of hydrogen-bond donors (Lipinski definition) is 2. The fourth-order valence-corrected chi connectivity index (χ4v) is 2.06. The molecule has 0 aliphatic carbocycles. The number of rotatable bonds is 4. The summed E-state index contributed by atoms with van der Waals surface area (Å²) in [6, 6.07) is 3.61. The lowest BCUT2D eigenvalue weighted by Gasteiger charge is -2.11. The van der Waals surface area contributed by atoms with Crippen LogP contribution in [0.3, 0.4) is 0 Å². The highest BCUT2D eigenvalue weighted by molar-refractivity contribution is 7.90. The van der Waals surface area contributed by atoms with Gasteiger partial charge in [0.15, 0.2) is 9.84 Å². The molecule has 0 bridgehead atoms. The molecule has 1 atom stereocenters. The van der Waals surface area contributed by atoms with Crippen LogP contribution in [0.25, 0.3) is 0 Å². The smallest absolute Gasteiger partial charge is 0.178 e. The van der Waals surface area contributed by atoms with Crippen molar-refractivity contribution in [2.75, 3.05) is 19.8 Å². The molecule has 1 aromatic carbocycles. The highest BCUT2D eigenvalue weighted by Crippen LogP contribution is 2.19. The molecule has 0 saturated carbocycles. The van der Waals surface area contributed by atoms with Crippen LogP contribution in [-0.4, -0.2) is 33.4 Å². The number of aliphatic hydroxyl groups is 1. The largest absolute Gasteiger partial charge is 0.387 e. The normalized spacial score (nSPS) is 13.8. The van der Waals surface area contributed by atoms with E-state index in [0.29, 0.717) is 5.56 Å². The lowest BCUT2D eigenvalue weighted by atomic mass is 10.1. The van der Waals surface area contributed by atoms with E-state index in [2.05, 4.69) is 5.32 Å². The van der Waals surface area contributed by atoms with Gasteiger partial charge in [0.25, 0.3) is 0 Å². The van der Waals surface area contributed by atoms with Crippen LogP contribution in [-0.2, 0) is 9.84 Å². The van der Waals surface area contributed by atoms with E-state index in [1.807, 2.05) is 0 Å². The third-order valence-corrected chi connectivity index (χ3v) is 3.27. The molecular formula is C10H14FNO3S. The minimum Gasteiger partial charge on any atom is -0.387 e. The van der Waals surface area contributed by atoms with Gasteiger partial charge in [0.1, 0.15) is 10.7 Å². The number of halogens is 1. The predicted octanol–water partition coefficient (Wildman–Crippen LogP) is 0.482. The quantitative estimate of drug-likeness (QED) is 0.812. The molecule has 1 unspecified atom stereocenters. The Labute approximate surface area is 94.0 Å². The van der Waals surface area contributed by atoms with Gasteiger partial charge in [-0.2, -0.15) is 0 Å². The van der Waals surface area contributed by atoms with E-state index in [1.54, 1.807) is 7.05 Å². The Morgan fingerprint density at radius 1 is 1.50 bits per heavy atom. The third kappa shape index (κ3) is 3.01. The maximum absolute atomic E-state index is 13.4. The topological polar surface area (TPSA) is 66.4 Å². The second-order valence-electron chi connectivity index (χ2n) is 3.54. The lowest BCUT2D eigenvalue weighted by Crippen LogP contribution is -2.17. The fraction of sp³-hybridized carbons (Fsp3) is 0.400. The maximum Gasteiger partial charge on any atom is 0.178 e. The zero-order valence-electron chi connectivity index (χ0n) is 9.07. The zero-order chi connectivity index (χ0) is 12.3. The molecule has 0 radical (unpaired) electrons. The van der Waals surface area contributed by atoms with E-state index in [1.165, 1.54) is 12.1 Å². The van der Waals surface area contributed by atoms with Crippen molar-refractivity contribution < 1.29 is 17.9 Å². The van der Waals surface area contributed by atoms with Crippen molar-refractivity contribution >= 4 is 9.84 Å². The molecule has 0 heterocycles. The molecule has 0 saturated heterocycles. The van der Waals surface area contributed by atoms with Crippen molar-refractivity contribution in [2.45, 2.75) is 11.0 Å². The molecule has 90 valence electrons. The molecule has 2 N–H and O–H groups in total. The Balaban J connectivity index is 3.09. The van der Waals surface area contributed by atoms with E-state index in [0.717, 1.165) is 12.3 Å². The summed E-state index contributed by atoms with van der Waals surface area (Å²) in [5, 5.41) is 12.3. The SMILES string of the molecule is CNCC(O)c1ccc(S(C)(=O)=O)c(F)c1. The van der Waals surface area contributed by atoms with Gasteiger partial charge in [-0.05, 0) is 24.7 Å². The minimum absolute atomic E-state index is 0.275. The molecule has 6 heteroatoms. The first-order chi connectivity index (χ1) is 7.36. The molecule has 0 amide bonds. The summed E-state index contributed by atoms with van der Waals surface area (Å²) in [5.41, 5.74) is 0.347. The van der Waals surface area contributed by atoms with E-state index in [4.69, 9.17) is 0 Å². The van der Waals surface area contributed by atoms with Crippen LogP contribution < -0.4 is 5.32 Å². The third-order valence-electron chi connectivity index (χ3n) is 2.14. The number of aliphatic hydroxyl groups excluding tert-OH is 1. The monoisotopic (exact) mass is 247 g/mol. The standard InChI is InChI=1S/C10H14FNO3S/c1-12-6-9(13)7-3-4-10(8(11)5-7)16(2,14)15/h3-5,9,12-13H,6H2,1-2H3. The van der Waals surface area contributed by atoms with Gasteiger partial charge in [0.05, 0.1) is 6.10 Å². The number of hydrogen-bond acceptors (Lipinski definition) is 4. The second-order valence-corrected chi connectivity index (χ2v) is 5.52. The second kappa shape index (κ2) is 4.90. The molecule has 4 nitrogen and oxygen atoms in total. The van der Waals surface area contributed by atoms with Gasteiger partial charge < -0.3 is 10.4 Å². The van der Waals surface area contributed by atoms with Crippen molar-refractivity contribution in [1.29, 1.82) is 0 Å². The minimum atomic E-state index is -3.56. The van der Waals surface area contributed by atoms with Crippen LogP contribution >= 0.6 is 0 Å². The molecular weight excluding hydrogens is 233 g/mol. The molecule has 0 aliphatic rings. The van der Waals surface area contributed by atoms with Crippen molar-refractivity contribution in [3.05, 3.63) is 29.6 Å². The van der Waals surface area contributed by atoms with Crippen LogP contribution in [0.4, 0.5) is 4.39 Å². The van der Waals surface area contributed by atoms with E-state index in [9.17, 15) is 17.9 Å². The summed E-state index contributed by atoms with van der Waals surface area (Å²) >= 11 is 0. The number of nitrogens with one attached hydrogen (secondary N) is 1. The fourth-order valence-electron chi connectivity index (χ4n) is 1.34. The summed E-state index contributed by atoms with van der Waals surface area (Å²) in [5.74, 6) is -0.838. The molecule has 1 aromatic rings. The van der Waals surface area contributed by atoms with Crippen molar-refractivity contribution in [3.8, 4) is 0 Å². The van der Waals surface area contributed by atoms with Gasteiger partial charge in [-0.15, -0.1) is 0 Å². The maximum atomic E-state index is 13.4. The van der Waals surface area contributed by atoms with Gasteiger partial charge in [-0.3, -0.25) is 0 Å². The Kier molecular flexibility index (Phi) is 4.01. The first-order valence-electron chi connectivity index (χ1n) is 4.68. The molecule has 0 fully saturated rings. The first-order valence-corrected chi connectivity index (χ1v) is 6.57. The van der Waals surface area contributed by atoms with Crippen LogP contribution in [0.2, 0.25) is 0 Å². The highest BCUT2D eigenvalue weighted by Gasteiger charge is 2.16. The van der Waals surface area contributed by atoms with Crippen molar-refractivity contribution in [3.63, 3.8) is 0 Å². The van der Waals surface area contributed by atoms with E-state index in [-0.39, 0.29) is 11.4 Å². The van der Waals surface area contributed by atoms with Gasteiger partial charge >= 0.3 is 0 Å². The van der Waals surface area contributed by atoms with Crippen LogP contribution in [0.1, 0.15) is 11.7 Å². The Morgan fingerprint density at radius 3 is 2.56 bits per heavy atom. The van der Waals surface area contributed by atoms with Crippen LogP contribution in [0.15, 0.2) is 23.1 Å². The number of likely N-dealkylation sites (N-methyl/N-ethyl adjacent to an activating group) is 1. The van der Waals surface area contributed by atoms with E-state index >= 15 is 0 Å². The number of benzene rings is 1. The summed E-state index contributed by atoms with van der Waals surface area (Å²) in [7, 11) is -1.90. The average Bonchev–Trinajstić information content (AvgIpc) is 2.16. The van der Waals surface area contributed by atoms with E-state index < -0.39 is 21.8 Å². The molecule has 1 rings (SSSR count). The van der Waals surface area contributed by atoms with Gasteiger partial charge in [-0.25, -0.2) is 12.8 Å². The summed E-state index contributed by atoms with van der Waals surface area (Å²) in [6.45, 7) is 0.275. The van der Waals surface area contributed by atoms with Crippen LogP contribution in [0.5, 0.6) is 0 Å². The molecule has 16 heavy (non-hydrogen) atoms. The highest BCUT2D eigenvalue weighted by atomic mass is 32.2. The first kappa shape index (κ1) is 13.1. The Morgan fingerprint density at radius 2 is 2.12 bits per heavy atom. The van der Waals surface area contributed by atoms with Crippen molar-refractivity contribution in [2.24, 2.45) is 0 Å². The summed E-state index contributed by atoms with van der Waals surface area (Å²) in [4.78, 5) is -0.354. The van der Waals surface area contributed by atoms with Gasteiger partial charge in [0, 0.05) is 12.8 Å². The van der Waals surface area contributed by atoms with Gasteiger partial charge in [0.2, 0.25) is 0 Å². The summed E-state index contributed by atoms with van der Waals surface area (Å²) in [6.07, 6.45) is 0.0860. The lowest BCUT2D eigenvalue weighted by molar-refractivity contribution is 0.177. The average molecular weight is 247 g/mol. The zero-order valence-corrected chi connectivity index (χ0v) is 9.88. The van der Waals surface area contributed by atoms with Crippen molar-refractivity contribution in [1.82, 2.24) is 5.32 Å².